The van der Waals surface area contributed by atoms with Crippen LogP contribution in [-0.2, 0) is 14.4 Å². The Balaban J connectivity index is 1.53. The molecule has 0 unspecified atom stereocenters. The second-order valence-corrected chi connectivity index (χ2v) is 10.3. The number of nitrogens with zero attached hydrogens (tertiary/aromatic N) is 1. The number of amides is 3. The Bertz CT molecular complexity index is 752. The minimum atomic E-state index is -0.828. The van der Waals surface area contributed by atoms with E-state index in [1.165, 1.54) is 4.90 Å². The van der Waals surface area contributed by atoms with E-state index in [9.17, 15) is 14.4 Å². The van der Waals surface area contributed by atoms with Crippen LogP contribution in [0.25, 0.3) is 0 Å². The van der Waals surface area contributed by atoms with Gasteiger partial charge < -0.3 is 5.32 Å². The first kappa shape index (κ1) is 18.6. The molecule has 3 aliphatic rings. The lowest BCUT2D eigenvalue weighted by molar-refractivity contribution is -0.146. The quantitative estimate of drug-likeness (QED) is 0.464. The lowest BCUT2D eigenvalue weighted by Gasteiger charge is -2.28. The number of rotatable bonds is 3. The molecule has 2 bridgehead atoms. The van der Waals surface area contributed by atoms with E-state index in [1.54, 1.807) is 19.1 Å². The van der Waals surface area contributed by atoms with Gasteiger partial charge in [0.2, 0.25) is 17.7 Å². The second-order valence-electron chi connectivity index (χ2n) is 7.22. The van der Waals surface area contributed by atoms with Crippen molar-refractivity contribution in [2.24, 2.45) is 23.7 Å². The van der Waals surface area contributed by atoms with Crippen molar-refractivity contribution in [3.05, 3.63) is 28.7 Å². The summed E-state index contributed by atoms with van der Waals surface area (Å²) < 4.78 is 0.908. The van der Waals surface area contributed by atoms with Crippen molar-refractivity contribution in [1.29, 1.82) is 0 Å². The molecule has 8 heteroatoms. The molecule has 1 saturated heterocycles. The molecular weight excluding hydrogens is 532 g/mol. The number of alkyl halides is 2. The number of carbonyl (C=O) groups is 3. The maximum atomic E-state index is 13.0. The molecule has 0 spiro atoms. The standard InChI is InChI=1S/C18H17Br3N2O3/c1-7(16(24)22-9-4-2-8(19)3-5-9)23-17(25)12-10-6-11(13(12)18(23)26)15(21)14(10)20/h2-5,7,10-15H,6H2,1H3,(H,22,24)/t7-,10-,11-,12-,13+,14-,15+/m1/s1. The van der Waals surface area contributed by atoms with Gasteiger partial charge in [-0.1, -0.05) is 47.8 Å². The molecule has 4 rings (SSSR count). The van der Waals surface area contributed by atoms with Crippen LogP contribution in [-0.4, -0.2) is 38.3 Å². The summed E-state index contributed by atoms with van der Waals surface area (Å²) in [4.78, 5) is 40.1. The van der Waals surface area contributed by atoms with Gasteiger partial charge in [0.25, 0.3) is 0 Å². The molecule has 1 heterocycles. The molecule has 3 amide bonds. The molecule has 2 aliphatic carbocycles. The molecular formula is C18H17Br3N2O3. The molecule has 5 nitrogen and oxygen atoms in total. The van der Waals surface area contributed by atoms with Crippen LogP contribution in [0.5, 0.6) is 0 Å². The second kappa shape index (κ2) is 6.71. The molecule has 1 aliphatic heterocycles. The van der Waals surface area contributed by atoms with Crippen molar-refractivity contribution >= 4 is 71.2 Å². The Kier molecular flexibility index (Phi) is 4.80. The molecule has 7 atom stereocenters. The van der Waals surface area contributed by atoms with E-state index >= 15 is 0 Å². The molecule has 0 aromatic heterocycles. The number of nitrogens with one attached hydrogen (secondary N) is 1. The molecule has 26 heavy (non-hydrogen) atoms. The Morgan fingerprint density at radius 1 is 1.08 bits per heavy atom. The van der Waals surface area contributed by atoms with E-state index in [2.05, 4.69) is 53.1 Å². The normalized spacial score (nSPS) is 36.4. The summed E-state index contributed by atoms with van der Waals surface area (Å²) in [6.07, 6.45) is 0.881. The lowest BCUT2D eigenvalue weighted by Crippen LogP contribution is -2.46. The molecule has 2 saturated carbocycles. The molecule has 1 N–H and O–H groups in total. The van der Waals surface area contributed by atoms with Crippen molar-refractivity contribution in [3.63, 3.8) is 0 Å². The van der Waals surface area contributed by atoms with Crippen molar-refractivity contribution in [2.75, 3.05) is 5.32 Å². The number of likely N-dealkylation sites (tertiary alicyclic amines) is 1. The van der Waals surface area contributed by atoms with Gasteiger partial charge >= 0.3 is 0 Å². The van der Waals surface area contributed by atoms with Gasteiger partial charge in [-0.2, -0.15) is 0 Å². The predicted molar refractivity (Wildman–Crippen MR) is 108 cm³/mol. The van der Waals surface area contributed by atoms with E-state index in [-0.39, 0.29) is 51.0 Å². The highest BCUT2D eigenvalue weighted by Crippen LogP contribution is 2.60. The molecule has 1 aromatic rings. The average molecular weight is 549 g/mol. The van der Waals surface area contributed by atoms with Crippen LogP contribution in [0.1, 0.15) is 13.3 Å². The first-order valence-corrected chi connectivity index (χ1v) is 11.1. The zero-order chi connectivity index (χ0) is 18.7. The Morgan fingerprint density at radius 3 is 2.08 bits per heavy atom. The van der Waals surface area contributed by atoms with Crippen LogP contribution in [0.4, 0.5) is 5.69 Å². The average Bonchev–Trinajstić information content (AvgIpc) is 3.21. The third kappa shape index (κ3) is 2.71. The van der Waals surface area contributed by atoms with Gasteiger partial charge in [0.15, 0.2) is 0 Å². The van der Waals surface area contributed by atoms with Gasteiger partial charge in [-0.3, -0.25) is 19.3 Å². The highest BCUT2D eigenvalue weighted by Gasteiger charge is 2.67. The predicted octanol–water partition coefficient (Wildman–Crippen LogP) is 3.55. The van der Waals surface area contributed by atoms with Crippen LogP contribution in [0.3, 0.4) is 0 Å². The zero-order valence-electron chi connectivity index (χ0n) is 13.9. The fraction of sp³-hybridized carbons (Fsp3) is 0.500. The van der Waals surface area contributed by atoms with Crippen LogP contribution in [0.15, 0.2) is 28.7 Å². The Hall–Kier alpha value is -0.730. The third-order valence-electron chi connectivity index (χ3n) is 5.90. The topological polar surface area (TPSA) is 66.5 Å². The van der Waals surface area contributed by atoms with Crippen molar-refractivity contribution in [2.45, 2.75) is 29.0 Å². The smallest absolute Gasteiger partial charge is 0.247 e. The maximum absolute atomic E-state index is 13.0. The van der Waals surface area contributed by atoms with Gasteiger partial charge in [-0.15, -0.1) is 0 Å². The van der Waals surface area contributed by atoms with E-state index in [4.69, 9.17) is 0 Å². The molecule has 1 aromatic carbocycles. The van der Waals surface area contributed by atoms with Crippen molar-refractivity contribution in [3.8, 4) is 0 Å². The van der Waals surface area contributed by atoms with Crippen molar-refractivity contribution in [1.82, 2.24) is 4.90 Å². The summed E-state index contributed by atoms with van der Waals surface area (Å²) >= 11 is 10.7. The van der Waals surface area contributed by atoms with E-state index in [0.29, 0.717) is 5.69 Å². The first-order chi connectivity index (χ1) is 12.3. The lowest BCUT2D eigenvalue weighted by atomic mass is 9.81. The Labute approximate surface area is 176 Å². The highest BCUT2D eigenvalue weighted by molar-refractivity contribution is 9.12. The van der Waals surface area contributed by atoms with E-state index < -0.39 is 6.04 Å². The summed E-state index contributed by atoms with van der Waals surface area (Å²) in [6, 6.07) is 6.34. The summed E-state index contributed by atoms with van der Waals surface area (Å²) in [6.45, 7) is 1.62. The Morgan fingerprint density at radius 2 is 1.58 bits per heavy atom. The van der Waals surface area contributed by atoms with Crippen LogP contribution in [0.2, 0.25) is 0 Å². The van der Waals surface area contributed by atoms with Gasteiger partial charge in [0, 0.05) is 19.8 Å². The number of carbonyl (C=O) groups excluding carboxylic acids is 3. The highest BCUT2D eigenvalue weighted by atomic mass is 79.9. The van der Waals surface area contributed by atoms with E-state index in [0.717, 1.165) is 10.9 Å². The summed E-state index contributed by atoms with van der Waals surface area (Å²) in [7, 11) is 0. The van der Waals surface area contributed by atoms with Crippen molar-refractivity contribution < 1.29 is 14.4 Å². The largest absolute Gasteiger partial charge is 0.324 e. The van der Waals surface area contributed by atoms with Gasteiger partial charge in [-0.05, 0) is 49.4 Å². The minimum Gasteiger partial charge on any atom is -0.324 e. The monoisotopic (exact) mass is 546 g/mol. The minimum absolute atomic E-state index is 0.151. The number of imide groups is 1. The molecule has 0 radical (unpaired) electrons. The number of hydrogen-bond acceptors (Lipinski definition) is 3. The maximum Gasteiger partial charge on any atom is 0.247 e. The van der Waals surface area contributed by atoms with Gasteiger partial charge in [0.1, 0.15) is 6.04 Å². The number of fused-ring (bicyclic) bond motifs is 5. The fourth-order valence-electron chi connectivity index (χ4n) is 4.65. The number of hydrogen-bond donors (Lipinski definition) is 1. The number of halogens is 3. The van der Waals surface area contributed by atoms with Gasteiger partial charge in [-0.25, -0.2) is 0 Å². The van der Waals surface area contributed by atoms with E-state index in [1.807, 2.05) is 12.1 Å². The zero-order valence-corrected chi connectivity index (χ0v) is 18.6. The summed E-state index contributed by atoms with van der Waals surface area (Å²) in [5.41, 5.74) is 0.630. The van der Waals surface area contributed by atoms with Gasteiger partial charge in [0.05, 0.1) is 11.8 Å². The summed E-state index contributed by atoms with van der Waals surface area (Å²) in [5, 5.41) is 2.78. The first-order valence-electron chi connectivity index (χ1n) is 8.52. The summed E-state index contributed by atoms with van der Waals surface area (Å²) in [5.74, 6) is -1.05. The number of anilines is 1. The van der Waals surface area contributed by atoms with Crippen LogP contribution in [0, 0.1) is 23.7 Å². The van der Waals surface area contributed by atoms with Crippen LogP contribution < -0.4 is 5.32 Å². The molecule has 3 fully saturated rings. The molecule has 138 valence electrons. The fourth-order valence-corrected chi connectivity index (χ4v) is 6.79. The third-order valence-corrected chi connectivity index (χ3v) is 9.63. The number of benzene rings is 1. The SMILES string of the molecule is C[C@H](C(=O)Nc1ccc(Br)cc1)N1C(=O)[C@@H]2[C@H]3C[C@@H]([C@H](Br)[C@@H]3Br)[C@@H]2C1=O. The van der Waals surface area contributed by atoms with Crippen LogP contribution >= 0.6 is 47.8 Å².